The first-order chi connectivity index (χ1) is 10.3. The van der Waals surface area contributed by atoms with Gasteiger partial charge in [-0.05, 0) is 31.2 Å². The van der Waals surface area contributed by atoms with Crippen LogP contribution in [0.1, 0.15) is 24.9 Å². The predicted molar refractivity (Wildman–Crippen MR) is 79.3 cm³/mol. The summed E-state index contributed by atoms with van der Waals surface area (Å²) in [7, 11) is 0. The Morgan fingerprint density at radius 3 is 2.95 bits per heavy atom. The van der Waals surface area contributed by atoms with Crippen LogP contribution in [0, 0.1) is 0 Å². The van der Waals surface area contributed by atoms with E-state index in [1.165, 1.54) is 0 Å². The fourth-order valence-corrected chi connectivity index (χ4v) is 2.24. The lowest BCUT2D eigenvalue weighted by Crippen LogP contribution is -2.21. The van der Waals surface area contributed by atoms with E-state index in [1.54, 1.807) is 33.7 Å². The average Bonchev–Trinajstić information content (AvgIpc) is 3.12. The standard InChI is InChI=1S/C15H18N4O2/c1-2-6-16-10-12-3-4-13(21-12)11-18-8-9-19-14(15(18)20)5-7-17-19/h3-5,7-9,16H,2,6,10-11H2,1H3. The molecule has 6 nitrogen and oxygen atoms in total. The summed E-state index contributed by atoms with van der Waals surface area (Å²) in [5, 5.41) is 7.33. The third-order valence-corrected chi connectivity index (χ3v) is 3.31. The minimum absolute atomic E-state index is 0.0722. The van der Waals surface area contributed by atoms with Gasteiger partial charge in [0, 0.05) is 12.4 Å². The lowest BCUT2D eigenvalue weighted by atomic mass is 10.4. The Hall–Kier alpha value is -2.34. The highest BCUT2D eigenvalue weighted by Crippen LogP contribution is 2.09. The van der Waals surface area contributed by atoms with Crippen molar-refractivity contribution in [2.45, 2.75) is 26.4 Å². The molecular formula is C15H18N4O2. The maximum atomic E-state index is 12.3. The Balaban J connectivity index is 1.76. The second kappa shape index (κ2) is 5.97. The first-order valence-electron chi connectivity index (χ1n) is 7.09. The molecule has 1 N–H and O–H groups in total. The van der Waals surface area contributed by atoms with Crippen LogP contribution in [0.4, 0.5) is 0 Å². The molecule has 6 heteroatoms. The summed E-state index contributed by atoms with van der Waals surface area (Å²) in [5.74, 6) is 1.66. The zero-order valence-electron chi connectivity index (χ0n) is 12.0. The van der Waals surface area contributed by atoms with Crippen LogP contribution < -0.4 is 10.9 Å². The third-order valence-electron chi connectivity index (χ3n) is 3.31. The van der Waals surface area contributed by atoms with Crippen LogP contribution in [0.3, 0.4) is 0 Å². The molecule has 0 unspecified atom stereocenters. The van der Waals surface area contributed by atoms with Crippen LogP contribution in [-0.2, 0) is 13.1 Å². The van der Waals surface area contributed by atoms with Gasteiger partial charge in [-0.2, -0.15) is 5.10 Å². The zero-order chi connectivity index (χ0) is 14.7. The molecule has 110 valence electrons. The molecule has 0 spiro atoms. The molecule has 3 rings (SSSR count). The molecule has 0 atom stereocenters. The van der Waals surface area contributed by atoms with Gasteiger partial charge in [0.1, 0.15) is 17.0 Å². The van der Waals surface area contributed by atoms with E-state index in [2.05, 4.69) is 17.3 Å². The number of nitrogens with zero attached hydrogens (tertiary/aromatic N) is 3. The summed E-state index contributed by atoms with van der Waals surface area (Å²) < 4.78 is 8.93. The van der Waals surface area contributed by atoms with Crippen LogP contribution >= 0.6 is 0 Å². The molecule has 0 amide bonds. The summed E-state index contributed by atoms with van der Waals surface area (Å²) in [6.45, 7) is 4.23. The first-order valence-corrected chi connectivity index (χ1v) is 7.09. The Morgan fingerprint density at radius 1 is 1.24 bits per heavy atom. The number of nitrogens with one attached hydrogen (secondary N) is 1. The molecule has 3 aromatic rings. The van der Waals surface area contributed by atoms with Crippen molar-refractivity contribution in [1.29, 1.82) is 0 Å². The number of hydrogen-bond donors (Lipinski definition) is 1. The number of hydrogen-bond acceptors (Lipinski definition) is 4. The van der Waals surface area contributed by atoms with Gasteiger partial charge in [0.05, 0.1) is 19.3 Å². The number of furan rings is 1. The van der Waals surface area contributed by atoms with Crippen molar-refractivity contribution in [3.8, 4) is 0 Å². The van der Waals surface area contributed by atoms with Gasteiger partial charge < -0.3 is 14.3 Å². The van der Waals surface area contributed by atoms with Gasteiger partial charge >= 0.3 is 0 Å². The molecular weight excluding hydrogens is 268 g/mol. The van der Waals surface area contributed by atoms with Gasteiger partial charge in [0.25, 0.3) is 5.56 Å². The molecule has 0 aliphatic heterocycles. The maximum Gasteiger partial charge on any atom is 0.276 e. The molecule has 0 radical (unpaired) electrons. The minimum atomic E-state index is -0.0722. The van der Waals surface area contributed by atoms with E-state index in [0.29, 0.717) is 18.6 Å². The van der Waals surface area contributed by atoms with Gasteiger partial charge in [-0.25, -0.2) is 4.52 Å². The average molecular weight is 286 g/mol. The molecule has 3 heterocycles. The van der Waals surface area contributed by atoms with Crippen LogP contribution in [0.25, 0.3) is 5.52 Å². The van der Waals surface area contributed by atoms with Crippen molar-refractivity contribution < 1.29 is 4.42 Å². The van der Waals surface area contributed by atoms with E-state index in [-0.39, 0.29) is 5.56 Å². The summed E-state index contributed by atoms with van der Waals surface area (Å²) in [6, 6.07) is 5.57. The van der Waals surface area contributed by atoms with Gasteiger partial charge in [0.2, 0.25) is 0 Å². The van der Waals surface area contributed by atoms with Crippen molar-refractivity contribution in [2.75, 3.05) is 6.54 Å². The molecule has 0 aromatic carbocycles. The third kappa shape index (κ3) is 2.90. The van der Waals surface area contributed by atoms with E-state index in [4.69, 9.17) is 4.42 Å². The highest BCUT2D eigenvalue weighted by Gasteiger charge is 2.07. The van der Waals surface area contributed by atoms with Crippen LogP contribution in [-0.4, -0.2) is 20.7 Å². The number of aromatic nitrogens is 3. The van der Waals surface area contributed by atoms with Crippen molar-refractivity contribution in [3.63, 3.8) is 0 Å². The van der Waals surface area contributed by atoms with Crippen molar-refractivity contribution in [2.24, 2.45) is 0 Å². The van der Waals surface area contributed by atoms with Crippen LogP contribution in [0.2, 0.25) is 0 Å². The molecule has 0 aliphatic rings. The van der Waals surface area contributed by atoms with E-state index in [1.807, 2.05) is 12.1 Å². The normalized spacial score (nSPS) is 11.3. The van der Waals surface area contributed by atoms with E-state index in [9.17, 15) is 4.79 Å². The predicted octanol–water partition coefficient (Wildman–Crippen LogP) is 1.64. The summed E-state index contributed by atoms with van der Waals surface area (Å²) in [6.07, 6.45) is 6.20. The van der Waals surface area contributed by atoms with E-state index < -0.39 is 0 Å². The molecule has 3 aromatic heterocycles. The Morgan fingerprint density at radius 2 is 2.10 bits per heavy atom. The second-order valence-electron chi connectivity index (χ2n) is 4.94. The van der Waals surface area contributed by atoms with Crippen LogP contribution in [0.5, 0.6) is 0 Å². The number of fused-ring (bicyclic) bond motifs is 1. The molecule has 21 heavy (non-hydrogen) atoms. The molecule has 0 saturated heterocycles. The van der Waals surface area contributed by atoms with E-state index >= 15 is 0 Å². The minimum Gasteiger partial charge on any atom is -0.463 e. The van der Waals surface area contributed by atoms with Crippen molar-refractivity contribution >= 4 is 5.52 Å². The van der Waals surface area contributed by atoms with Gasteiger partial charge in [0.15, 0.2) is 0 Å². The Kier molecular flexibility index (Phi) is 3.87. The largest absolute Gasteiger partial charge is 0.463 e. The Labute approximate surface area is 122 Å². The van der Waals surface area contributed by atoms with Crippen molar-refractivity contribution in [3.05, 3.63) is 58.7 Å². The maximum absolute atomic E-state index is 12.3. The Bertz CT molecular complexity index is 784. The lowest BCUT2D eigenvalue weighted by Gasteiger charge is -2.04. The quantitative estimate of drug-likeness (QED) is 0.700. The van der Waals surface area contributed by atoms with Crippen LogP contribution in [0.15, 0.2) is 46.0 Å². The fraction of sp³-hybridized carbons (Fsp3) is 0.333. The summed E-state index contributed by atoms with van der Waals surface area (Å²) in [4.78, 5) is 12.3. The summed E-state index contributed by atoms with van der Waals surface area (Å²) >= 11 is 0. The zero-order valence-corrected chi connectivity index (χ0v) is 12.0. The monoisotopic (exact) mass is 286 g/mol. The number of rotatable bonds is 6. The molecule has 0 fully saturated rings. The lowest BCUT2D eigenvalue weighted by molar-refractivity contribution is 0.435. The van der Waals surface area contributed by atoms with Crippen molar-refractivity contribution in [1.82, 2.24) is 19.5 Å². The second-order valence-corrected chi connectivity index (χ2v) is 4.94. The smallest absolute Gasteiger partial charge is 0.276 e. The van der Waals surface area contributed by atoms with Gasteiger partial charge in [-0.1, -0.05) is 6.92 Å². The van der Waals surface area contributed by atoms with Gasteiger partial charge in [-0.3, -0.25) is 4.79 Å². The highest BCUT2D eigenvalue weighted by molar-refractivity contribution is 5.42. The van der Waals surface area contributed by atoms with E-state index in [0.717, 1.165) is 24.5 Å². The molecule has 0 aliphatic carbocycles. The SMILES string of the molecule is CCCNCc1ccc(Cn2ccn3nccc3c2=O)o1. The molecule has 0 saturated carbocycles. The summed E-state index contributed by atoms with van der Waals surface area (Å²) in [5.41, 5.74) is 0.492. The highest BCUT2D eigenvalue weighted by atomic mass is 16.3. The molecule has 0 bridgehead atoms. The van der Waals surface area contributed by atoms with Gasteiger partial charge in [-0.15, -0.1) is 0 Å². The first kappa shape index (κ1) is 13.6. The topological polar surface area (TPSA) is 64.5 Å². The fourth-order valence-electron chi connectivity index (χ4n) is 2.24.